The summed E-state index contributed by atoms with van der Waals surface area (Å²) >= 11 is 3.28. The Morgan fingerprint density at radius 2 is 1.70 bits per heavy atom. The first-order valence-corrected chi connectivity index (χ1v) is 9.49. The normalized spacial score (nSPS) is 16.8. The number of sulfone groups is 1. The zero-order valence-corrected chi connectivity index (χ0v) is 16.4. The minimum Gasteiger partial charge on any atom is -0.341 e. The first-order chi connectivity index (χ1) is 10.2. The summed E-state index contributed by atoms with van der Waals surface area (Å²) in [6, 6.07) is 6.44. The number of hydrogen-bond acceptors (Lipinski definition) is 4. The first-order valence-electron chi connectivity index (χ1n) is 7.21. The third-order valence-electron chi connectivity index (χ3n) is 4.14. The Bertz CT molecular complexity index is 654. The predicted molar refractivity (Wildman–Crippen MR) is 96.4 cm³/mol. The number of nitrogens with two attached hydrogens (primary N) is 1. The number of amides is 1. The van der Waals surface area contributed by atoms with Crippen LogP contribution in [0.5, 0.6) is 0 Å². The maximum atomic E-state index is 12.8. The van der Waals surface area contributed by atoms with Crippen molar-refractivity contribution in [2.45, 2.75) is 42.4 Å². The van der Waals surface area contributed by atoms with E-state index in [1.54, 1.807) is 17.0 Å². The Hall–Kier alpha value is -0.630. The van der Waals surface area contributed by atoms with Gasteiger partial charge in [-0.05, 0) is 51.0 Å². The Labute approximate surface area is 152 Å². The molecular formula is C15H22BrClN2O3S. The van der Waals surface area contributed by atoms with E-state index in [4.69, 9.17) is 5.73 Å². The number of likely N-dealkylation sites (tertiary alicyclic amines) is 1. The van der Waals surface area contributed by atoms with Gasteiger partial charge in [0.1, 0.15) is 4.75 Å². The molecule has 0 radical (unpaired) electrons. The van der Waals surface area contributed by atoms with Crippen LogP contribution in [0.4, 0.5) is 0 Å². The van der Waals surface area contributed by atoms with Gasteiger partial charge in [-0.15, -0.1) is 12.4 Å². The molecule has 1 amide bonds. The second-order valence-corrected chi connectivity index (χ2v) is 9.51. The molecule has 1 saturated heterocycles. The third kappa shape index (κ3) is 4.07. The number of piperidine rings is 1. The van der Waals surface area contributed by atoms with Crippen molar-refractivity contribution in [2.24, 2.45) is 5.73 Å². The molecule has 8 heteroatoms. The van der Waals surface area contributed by atoms with Crippen LogP contribution in [-0.2, 0) is 14.6 Å². The highest BCUT2D eigenvalue weighted by Gasteiger charge is 2.45. The van der Waals surface area contributed by atoms with Gasteiger partial charge in [0.05, 0.1) is 4.90 Å². The van der Waals surface area contributed by atoms with E-state index in [0.29, 0.717) is 25.9 Å². The van der Waals surface area contributed by atoms with Crippen LogP contribution in [0, 0.1) is 0 Å². The van der Waals surface area contributed by atoms with Crippen LogP contribution in [0.1, 0.15) is 26.7 Å². The van der Waals surface area contributed by atoms with Crippen molar-refractivity contribution in [3.05, 3.63) is 28.7 Å². The molecule has 1 fully saturated rings. The number of nitrogens with zero attached hydrogens (tertiary/aromatic N) is 1. The zero-order chi connectivity index (χ0) is 16.5. The standard InChI is InChI=1S/C15H21BrN2O3S.ClH/c1-15(2,14(19)18-9-7-12(17)8-10-18)22(20,21)13-5-3-11(16)4-6-13;/h3-6,12H,7-10,17H2,1-2H3;1H. The average Bonchev–Trinajstić information content (AvgIpc) is 2.47. The number of rotatable bonds is 3. The van der Waals surface area contributed by atoms with Gasteiger partial charge >= 0.3 is 0 Å². The fourth-order valence-electron chi connectivity index (χ4n) is 2.51. The van der Waals surface area contributed by atoms with Gasteiger partial charge in [-0.3, -0.25) is 4.79 Å². The van der Waals surface area contributed by atoms with Crippen molar-refractivity contribution >= 4 is 44.1 Å². The number of hydrogen-bond donors (Lipinski definition) is 1. The SMILES string of the molecule is CC(C)(C(=O)N1CCC(N)CC1)S(=O)(=O)c1ccc(Br)cc1.Cl. The van der Waals surface area contributed by atoms with E-state index in [0.717, 1.165) is 4.47 Å². The lowest BCUT2D eigenvalue weighted by molar-refractivity contribution is -0.134. The van der Waals surface area contributed by atoms with Gasteiger partial charge in [0.15, 0.2) is 9.84 Å². The lowest BCUT2D eigenvalue weighted by atomic mass is 10.0. The highest BCUT2D eigenvalue weighted by molar-refractivity contribution is 9.10. The molecule has 1 heterocycles. The number of carbonyl (C=O) groups excluding carboxylic acids is 1. The zero-order valence-electron chi connectivity index (χ0n) is 13.2. The van der Waals surface area contributed by atoms with Crippen LogP contribution in [0.2, 0.25) is 0 Å². The summed E-state index contributed by atoms with van der Waals surface area (Å²) in [7, 11) is -3.76. The van der Waals surface area contributed by atoms with E-state index in [1.807, 2.05) is 0 Å². The van der Waals surface area contributed by atoms with Crippen molar-refractivity contribution in [3.8, 4) is 0 Å². The van der Waals surface area contributed by atoms with Crippen LogP contribution < -0.4 is 5.73 Å². The highest BCUT2D eigenvalue weighted by Crippen LogP contribution is 2.29. The molecule has 23 heavy (non-hydrogen) atoms. The van der Waals surface area contributed by atoms with Crippen molar-refractivity contribution in [3.63, 3.8) is 0 Å². The largest absolute Gasteiger partial charge is 0.341 e. The van der Waals surface area contributed by atoms with Crippen molar-refractivity contribution in [1.82, 2.24) is 4.90 Å². The summed E-state index contributed by atoms with van der Waals surface area (Å²) in [6.45, 7) is 3.97. The molecule has 1 aliphatic heterocycles. The van der Waals surface area contributed by atoms with Gasteiger partial charge < -0.3 is 10.6 Å². The minimum absolute atomic E-state index is 0. The number of benzene rings is 1. The van der Waals surface area contributed by atoms with Gasteiger partial charge in [-0.2, -0.15) is 0 Å². The molecule has 2 N–H and O–H groups in total. The van der Waals surface area contributed by atoms with E-state index >= 15 is 0 Å². The summed E-state index contributed by atoms with van der Waals surface area (Å²) in [4.78, 5) is 14.5. The Morgan fingerprint density at radius 3 is 2.17 bits per heavy atom. The van der Waals surface area contributed by atoms with Crippen LogP contribution in [0.3, 0.4) is 0 Å². The second kappa shape index (κ2) is 7.51. The fourth-order valence-corrected chi connectivity index (χ4v) is 4.21. The van der Waals surface area contributed by atoms with Gasteiger partial charge in [-0.1, -0.05) is 15.9 Å². The molecule has 130 valence electrons. The predicted octanol–water partition coefficient (Wildman–Crippen LogP) is 2.37. The Kier molecular flexibility index (Phi) is 6.66. The number of carbonyl (C=O) groups is 1. The molecule has 0 unspecified atom stereocenters. The minimum atomic E-state index is -3.76. The molecule has 1 aromatic carbocycles. The molecule has 2 rings (SSSR count). The molecule has 0 bridgehead atoms. The van der Waals surface area contributed by atoms with Crippen molar-refractivity contribution < 1.29 is 13.2 Å². The second-order valence-electron chi connectivity index (χ2n) is 6.10. The van der Waals surface area contributed by atoms with Gasteiger partial charge in [0.25, 0.3) is 0 Å². The molecule has 5 nitrogen and oxygen atoms in total. The van der Waals surface area contributed by atoms with E-state index < -0.39 is 14.6 Å². The smallest absolute Gasteiger partial charge is 0.243 e. The summed E-state index contributed by atoms with van der Waals surface area (Å²) < 4.78 is 24.9. The van der Waals surface area contributed by atoms with Crippen LogP contribution in [-0.4, -0.2) is 43.1 Å². The third-order valence-corrected chi connectivity index (χ3v) is 7.08. The molecule has 1 aliphatic rings. The van der Waals surface area contributed by atoms with Gasteiger partial charge in [0, 0.05) is 23.6 Å². The van der Waals surface area contributed by atoms with Crippen LogP contribution in [0.15, 0.2) is 33.6 Å². The summed E-state index contributed by atoms with van der Waals surface area (Å²) in [6.07, 6.45) is 1.42. The van der Waals surface area contributed by atoms with E-state index in [9.17, 15) is 13.2 Å². The Balaban J connectivity index is 0.00000264. The van der Waals surface area contributed by atoms with E-state index in [-0.39, 0.29) is 29.3 Å². The average molecular weight is 426 g/mol. The lowest BCUT2D eigenvalue weighted by Crippen LogP contribution is -2.53. The molecule has 0 aromatic heterocycles. The van der Waals surface area contributed by atoms with Crippen molar-refractivity contribution in [2.75, 3.05) is 13.1 Å². The Morgan fingerprint density at radius 1 is 1.22 bits per heavy atom. The topological polar surface area (TPSA) is 80.5 Å². The quantitative estimate of drug-likeness (QED) is 0.806. The maximum Gasteiger partial charge on any atom is 0.243 e. The maximum absolute atomic E-state index is 12.8. The van der Waals surface area contributed by atoms with E-state index in [2.05, 4.69) is 15.9 Å². The van der Waals surface area contributed by atoms with Crippen molar-refractivity contribution in [1.29, 1.82) is 0 Å². The lowest BCUT2D eigenvalue weighted by Gasteiger charge is -2.35. The van der Waals surface area contributed by atoms with E-state index in [1.165, 1.54) is 26.0 Å². The summed E-state index contributed by atoms with van der Waals surface area (Å²) in [5, 5.41) is 0. The molecule has 0 atom stereocenters. The summed E-state index contributed by atoms with van der Waals surface area (Å²) in [5.74, 6) is -0.359. The summed E-state index contributed by atoms with van der Waals surface area (Å²) in [5.41, 5.74) is 5.84. The van der Waals surface area contributed by atoms with Gasteiger partial charge in [0.2, 0.25) is 5.91 Å². The monoisotopic (exact) mass is 424 g/mol. The fraction of sp³-hybridized carbons (Fsp3) is 0.533. The first kappa shape index (κ1) is 20.4. The van der Waals surface area contributed by atoms with Crippen LogP contribution >= 0.6 is 28.3 Å². The molecule has 0 saturated carbocycles. The van der Waals surface area contributed by atoms with Crippen LogP contribution in [0.25, 0.3) is 0 Å². The highest BCUT2D eigenvalue weighted by atomic mass is 79.9. The number of halogens is 2. The molecule has 0 aliphatic carbocycles. The van der Waals surface area contributed by atoms with Gasteiger partial charge in [-0.25, -0.2) is 8.42 Å². The molecule has 0 spiro atoms. The molecular weight excluding hydrogens is 404 g/mol. The molecule has 1 aromatic rings.